The Morgan fingerprint density at radius 3 is 2.38 bits per heavy atom. The van der Waals surface area contributed by atoms with Gasteiger partial charge < -0.3 is 24.4 Å². The number of carboxylic acids is 1. The third kappa shape index (κ3) is 8.70. The molecule has 1 unspecified atom stereocenters. The standard InChI is InChI=1S/C23H29F2N3O2.C2HF3O2/c1-2-17(22-19(24)6-5-7-20(22)25)8-12-27-23(29)30-21-16-28(13-4-3-11-26)14-9-18(21)10-15-28;3-2(4,5)1(6)7/h2,5-7,17-18,21H,1,3-4,8-10,12-16H2;(H,6,7)/t17?,18?,21-,28?;/m0./s1. The normalized spacial score (nSPS) is 23.1. The number of alkyl carbamates (subject to hydrolysis) is 1. The van der Waals surface area contributed by atoms with Crippen molar-refractivity contribution in [2.24, 2.45) is 5.92 Å². The van der Waals surface area contributed by atoms with Crippen LogP contribution in [0.25, 0.3) is 0 Å². The van der Waals surface area contributed by atoms with Crippen LogP contribution in [0.3, 0.4) is 0 Å². The van der Waals surface area contributed by atoms with Crippen LogP contribution in [0.2, 0.25) is 0 Å². The van der Waals surface area contributed by atoms with Crippen molar-refractivity contribution in [1.29, 1.82) is 5.26 Å². The molecule has 0 aliphatic carbocycles. The highest BCUT2D eigenvalue weighted by atomic mass is 19.4. The Hall–Kier alpha value is -3.20. The molecule has 204 valence electrons. The maximum absolute atomic E-state index is 14.0. The molecular weight excluding hydrogens is 501 g/mol. The number of rotatable bonds is 9. The minimum atomic E-state index is -5.19. The summed E-state index contributed by atoms with van der Waals surface area (Å²) in [6.45, 7) is 7.85. The minimum absolute atomic E-state index is 0.0242. The molecular formula is C25H30F5N3O4. The highest BCUT2D eigenvalue weighted by molar-refractivity contribution is 5.70. The number of nitriles is 1. The average Bonchev–Trinajstić information content (AvgIpc) is 2.83. The quantitative estimate of drug-likeness (QED) is 0.227. The molecule has 1 aromatic rings. The summed E-state index contributed by atoms with van der Waals surface area (Å²) in [6, 6.07) is 5.97. The number of alkyl halides is 3. The van der Waals surface area contributed by atoms with Crippen molar-refractivity contribution in [2.45, 2.75) is 50.3 Å². The number of aliphatic carboxylic acids is 1. The van der Waals surface area contributed by atoms with Crippen LogP contribution in [0.1, 0.15) is 43.6 Å². The molecule has 37 heavy (non-hydrogen) atoms. The van der Waals surface area contributed by atoms with Gasteiger partial charge in [-0.05, 0) is 18.6 Å². The number of nitrogens with one attached hydrogen (secondary N) is 1. The number of benzene rings is 1. The molecule has 3 saturated heterocycles. The van der Waals surface area contributed by atoms with Gasteiger partial charge in [0.2, 0.25) is 0 Å². The number of carbonyl (C=O) groups is 2. The van der Waals surface area contributed by atoms with Gasteiger partial charge in [0.25, 0.3) is 0 Å². The lowest BCUT2D eigenvalue weighted by Crippen LogP contribution is -2.64. The number of nitrogens with zero attached hydrogens (tertiary/aromatic N) is 2. The molecule has 4 rings (SSSR count). The fourth-order valence-corrected chi connectivity index (χ4v) is 4.92. The molecule has 3 heterocycles. The Balaban J connectivity index is 0.000000604. The molecule has 1 amide bonds. The smallest absolute Gasteiger partial charge is 0.430 e. The summed E-state index contributed by atoms with van der Waals surface area (Å²) in [6.07, 6.45) is -0.464. The summed E-state index contributed by atoms with van der Waals surface area (Å²) >= 11 is 0. The van der Waals surface area contributed by atoms with Crippen LogP contribution < -0.4 is 10.4 Å². The van der Waals surface area contributed by atoms with Gasteiger partial charge in [0, 0.05) is 49.6 Å². The Kier molecular flexibility index (Phi) is 10.9. The van der Waals surface area contributed by atoms with Gasteiger partial charge in [-0.2, -0.15) is 18.4 Å². The number of hydrogen-bond acceptors (Lipinski definition) is 5. The molecule has 0 aromatic heterocycles. The van der Waals surface area contributed by atoms with Crippen molar-refractivity contribution in [3.05, 3.63) is 48.1 Å². The lowest BCUT2D eigenvalue weighted by molar-refractivity contribution is -0.946. The first kappa shape index (κ1) is 30.0. The largest absolute Gasteiger partial charge is 0.542 e. The Labute approximate surface area is 212 Å². The van der Waals surface area contributed by atoms with E-state index in [9.17, 15) is 26.7 Å². The zero-order valence-corrected chi connectivity index (χ0v) is 20.2. The van der Waals surface area contributed by atoms with Crippen molar-refractivity contribution in [3.8, 4) is 6.07 Å². The van der Waals surface area contributed by atoms with Crippen LogP contribution in [0, 0.1) is 28.9 Å². The van der Waals surface area contributed by atoms with Crippen molar-refractivity contribution >= 4 is 12.1 Å². The van der Waals surface area contributed by atoms with E-state index < -0.39 is 35.8 Å². The number of carbonyl (C=O) groups excluding carboxylic acids is 2. The van der Waals surface area contributed by atoms with E-state index in [1.165, 1.54) is 24.3 Å². The van der Waals surface area contributed by atoms with E-state index in [0.717, 1.165) is 49.9 Å². The first-order valence-corrected chi connectivity index (χ1v) is 11.9. The maximum Gasteiger partial charge on any atom is 0.430 e. The molecule has 3 aliphatic heterocycles. The number of unbranched alkanes of at least 4 members (excludes halogenated alkanes) is 1. The summed E-state index contributed by atoms with van der Waals surface area (Å²) in [7, 11) is 0. The summed E-state index contributed by atoms with van der Waals surface area (Å²) in [5, 5.41) is 20.3. The fraction of sp³-hybridized carbons (Fsp3) is 0.560. The van der Waals surface area contributed by atoms with Gasteiger partial charge in [0.15, 0.2) is 6.10 Å². The number of hydrogen-bond donors (Lipinski definition) is 1. The van der Waals surface area contributed by atoms with Gasteiger partial charge >= 0.3 is 12.3 Å². The van der Waals surface area contributed by atoms with E-state index in [0.29, 0.717) is 18.8 Å². The number of ether oxygens (including phenoxy) is 1. The first-order valence-electron chi connectivity index (χ1n) is 11.9. The highest BCUT2D eigenvalue weighted by Gasteiger charge is 2.47. The van der Waals surface area contributed by atoms with Crippen LogP contribution in [0.4, 0.5) is 26.7 Å². The highest BCUT2D eigenvalue weighted by Crippen LogP contribution is 2.36. The van der Waals surface area contributed by atoms with Crippen molar-refractivity contribution < 1.29 is 45.9 Å². The molecule has 3 aliphatic rings. The lowest BCUT2D eigenvalue weighted by Gasteiger charge is -2.52. The predicted molar refractivity (Wildman–Crippen MR) is 121 cm³/mol. The van der Waals surface area contributed by atoms with Crippen LogP contribution in [-0.2, 0) is 9.53 Å². The van der Waals surface area contributed by atoms with Crippen molar-refractivity contribution in [1.82, 2.24) is 5.32 Å². The van der Waals surface area contributed by atoms with E-state index in [1.54, 1.807) is 0 Å². The summed E-state index contributed by atoms with van der Waals surface area (Å²) < 4.78 is 66.2. The van der Waals surface area contributed by atoms with Gasteiger partial charge in [0.05, 0.1) is 25.7 Å². The number of carboxylic acid groups (broad SMARTS) is 1. The van der Waals surface area contributed by atoms with Gasteiger partial charge in [-0.3, -0.25) is 0 Å². The van der Waals surface area contributed by atoms with Gasteiger partial charge in [-0.15, -0.1) is 6.58 Å². The van der Waals surface area contributed by atoms with Crippen LogP contribution in [0.5, 0.6) is 0 Å². The maximum atomic E-state index is 14.0. The summed E-state index contributed by atoms with van der Waals surface area (Å²) in [5.41, 5.74) is -0.0242. The zero-order valence-electron chi connectivity index (χ0n) is 20.2. The number of amides is 1. The molecule has 3 fully saturated rings. The number of fused-ring (bicyclic) bond motifs is 3. The van der Waals surface area contributed by atoms with Crippen LogP contribution in [-0.4, -0.2) is 61.5 Å². The molecule has 0 saturated carbocycles. The van der Waals surface area contributed by atoms with Crippen LogP contribution in [0.15, 0.2) is 30.9 Å². The van der Waals surface area contributed by atoms with Crippen molar-refractivity contribution in [3.63, 3.8) is 0 Å². The molecule has 0 spiro atoms. The minimum Gasteiger partial charge on any atom is -0.542 e. The third-order valence-corrected chi connectivity index (χ3v) is 6.83. The van der Waals surface area contributed by atoms with Crippen LogP contribution >= 0.6 is 0 Å². The third-order valence-electron chi connectivity index (χ3n) is 6.83. The Bertz CT molecular complexity index is 967. The lowest BCUT2D eigenvalue weighted by atomic mass is 9.83. The molecule has 7 nitrogen and oxygen atoms in total. The second kappa shape index (κ2) is 13.4. The number of halogens is 5. The molecule has 12 heteroatoms. The average molecular weight is 532 g/mol. The molecule has 2 atom stereocenters. The van der Waals surface area contributed by atoms with Gasteiger partial charge in [-0.25, -0.2) is 13.6 Å². The first-order chi connectivity index (χ1) is 17.4. The van der Waals surface area contributed by atoms with E-state index in [-0.39, 0.29) is 18.2 Å². The molecule has 1 aromatic carbocycles. The number of piperidine rings is 3. The van der Waals surface area contributed by atoms with E-state index in [1.807, 2.05) is 0 Å². The van der Waals surface area contributed by atoms with Crippen molar-refractivity contribution in [2.75, 3.05) is 32.7 Å². The van der Waals surface area contributed by atoms with E-state index in [2.05, 4.69) is 18.0 Å². The van der Waals surface area contributed by atoms with E-state index >= 15 is 0 Å². The Morgan fingerprint density at radius 1 is 1.27 bits per heavy atom. The monoisotopic (exact) mass is 531 g/mol. The second-order valence-electron chi connectivity index (χ2n) is 9.22. The summed E-state index contributed by atoms with van der Waals surface area (Å²) in [5.74, 6) is -4.37. The van der Waals surface area contributed by atoms with Gasteiger partial charge in [-0.1, -0.05) is 12.1 Å². The zero-order chi connectivity index (χ0) is 27.6. The SMILES string of the molecule is C=CC(CCNC(=O)O[C@H]1C[N+]2(CCCC#N)CCC1CC2)c1c(F)cccc1F.O=C([O-])C(F)(F)F. The fourth-order valence-electron chi connectivity index (χ4n) is 4.92. The van der Waals surface area contributed by atoms with E-state index in [4.69, 9.17) is 19.9 Å². The summed E-state index contributed by atoms with van der Waals surface area (Å²) in [4.78, 5) is 21.1. The Morgan fingerprint density at radius 2 is 1.86 bits per heavy atom. The second-order valence-corrected chi connectivity index (χ2v) is 9.22. The molecule has 2 bridgehead atoms. The number of allylic oxidation sites excluding steroid dienone is 1. The molecule has 0 radical (unpaired) electrons. The van der Waals surface area contributed by atoms with Gasteiger partial charge in [0.1, 0.15) is 24.1 Å². The topological polar surface area (TPSA) is 102 Å². The predicted octanol–water partition coefficient (Wildman–Crippen LogP) is 3.56. The molecule has 1 N–H and O–H groups in total. The number of quaternary nitrogens is 1.